The lowest BCUT2D eigenvalue weighted by Crippen LogP contribution is -2.04. The van der Waals surface area contributed by atoms with Gasteiger partial charge in [-0.15, -0.1) is 0 Å². The maximum atomic E-state index is 12.8. The Labute approximate surface area is 116 Å². The number of imidazole rings is 1. The van der Waals surface area contributed by atoms with Crippen LogP contribution in [0.4, 0.5) is 4.39 Å². The summed E-state index contributed by atoms with van der Waals surface area (Å²) in [6.07, 6.45) is 2.70. The summed E-state index contributed by atoms with van der Waals surface area (Å²) in [5.41, 5.74) is 1.89. The van der Waals surface area contributed by atoms with Crippen molar-refractivity contribution in [2.45, 2.75) is 37.4 Å². The molecule has 19 heavy (non-hydrogen) atoms. The minimum Gasteiger partial charge on any atom is -0.390 e. The zero-order chi connectivity index (χ0) is 13.7. The maximum absolute atomic E-state index is 12.8. The van der Waals surface area contributed by atoms with Crippen molar-refractivity contribution < 1.29 is 9.50 Å². The maximum Gasteiger partial charge on any atom is 0.168 e. The molecule has 0 aliphatic carbocycles. The Hall–Kier alpha value is -1.33. The molecule has 1 aromatic heterocycles. The Bertz CT molecular complexity index is 525. The fraction of sp³-hybridized carbons (Fsp3) is 0.357. The molecule has 0 unspecified atom stereocenters. The van der Waals surface area contributed by atoms with Crippen LogP contribution in [0.25, 0.3) is 0 Å². The fourth-order valence-corrected chi connectivity index (χ4v) is 2.80. The van der Waals surface area contributed by atoms with E-state index in [4.69, 9.17) is 0 Å². The lowest BCUT2D eigenvalue weighted by molar-refractivity contribution is 0.269. The van der Waals surface area contributed by atoms with E-state index < -0.39 is 0 Å². The molecule has 5 heteroatoms. The highest BCUT2D eigenvalue weighted by Crippen LogP contribution is 2.23. The second-order valence-electron chi connectivity index (χ2n) is 4.26. The Balaban J connectivity index is 2.06. The first-order chi connectivity index (χ1) is 9.24. The van der Waals surface area contributed by atoms with E-state index in [0.717, 1.165) is 35.1 Å². The van der Waals surface area contributed by atoms with E-state index in [9.17, 15) is 9.50 Å². The van der Waals surface area contributed by atoms with E-state index in [1.165, 1.54) is 12.1 Å². The second-order valence-corrected chi connectivity index (χ2v) is 5.20. The molecule has 0 amide bonds. The first-order valence-electron chi connectivity index (χ1n) is 6.27. The third-order valence-electron chi connectivity index (χ3n) is 2.79. The first-order valence-corrected chi connectivity index (χ1v) is 7.25. The largest absolute Gasteiger partial charge is 0.390 e. The summed E-state index contributed by atoms with van der Waals surface area (Å²) in [5, 5.41) is 10.2. The monoisotopic (exact) mass is 280 g/mol. The third-order valence-corrected chi connectivity index (χ3v) is 3.85. The molecule has 0 spiro atoms. The van der Waals surface area contributed by atoms with Crippen molar-refractivity contribution in [3.05, 3.63) is 47.5 Å². The molecule has 102 valence electrons. The van der Waals surface area contributed by atoms with E-state index in [1.54, 1.807) is 30.1 Å². The van der Waals surface area contributed by atoms with Crippen molar-refractivity contribution in [3.63, 3.8) is 0 Å². The average Bonchev–Trinajstić information content (AvgIpc) is 2.81. The van der Waals surface area contributed by atoms with Gasteiger partial charge in [-0.2, -0.15) is 0 Å². The van der Waals surface area contributed by atoms with E-state index in [0.29, 0.717) is 0 Å². The summed E-state index contributed by atoms with van der Waals surface area (Å²) < 4.78 is 14.8. The summed E-state index contributed by atoms with van der Waals surface area (Å²) >= 11 is 1.60. The van der Waals surface area contributed by atoms with Crippen molar-refractivity contribution in [1.29, 1.82) is 0 Å². The molecule has 1 aromatic carbocycles. The molecule has 0 radical (unpaired) electrons. The smallest absolute Gasteiger partial charge is 0.168 e. The van der Waals surface area contributed by atoms with E-state index in [1.807, 2.05) is 4.57 Å². The summed E-state index contributed by atoms with van der Waals surface area (Å²) in [7, 11) is 0. The van der Waals surface area contributed by atoms with Gasteiger partial charge in [0.15, 0.2) is 5.16 Å². The van der Waals surface area contributed by atoms with Crippen LogP contribution in [-0.4, -0.2) is 14.7 Å². The predicted octanol–water partition coefficient (Wildman–Crippen LogP) is 3.22. The number of rotatable bonds is 6. The van der Waals surface area contributed by atoms with Crippen molar-refractivity contribution in [1.82, 2.24) is 9.55 Å². The number of hydrogen-bond acceptors (Lipinski definition) is 3. The van der Waals surface area contributed by atoms with Gasteiger partial charge in [0.05, 0.1) is 18.5 Å². The minimum atomic E-state index is -0.219. The quantitative estimate of drug-likeness (QED) is 0.826. The molecule has 2 aromatic rings. The van der Waals surface area contributed by atoms with Crippen molar-refractivity contribution in [2.24, 2.45) is 0 Å². The zero-order valence-corrected chi connectivity index (χ0v) is 11.7. The number of thioether (sulfide) groups is 1. The van der Waals surface area contributed by atoms with E-state index >= 15 is 0 Å². The predicted molar refractivity (Wildman–Crippen MR) is 74.4 cm³/mol. The van der Waals surface area contributed by atoms with Crippen LogP contribution in [0.15, 0.2) is 35.6 Å². The molecule has 0 atom stereocenters. The number of halogens is 1. The molecule has 2 rings (SSSR count). The van der Waals surface area contributed by atoms with Gasteiger partial charge in [0.25, 0.3) is 0 Å². The average molecular weight is 280 g/mol. The lowest BCUT2D eigenvalue weighted by atomic mass is 10.2. The number of aromatic nitrogens is 2. The topological polar surface area (TPSA) is 38.0 Å². The van der Waals surface area contributed by atoms with Gasteiger partial charge >= 0.3 is 0 Å². The van der Waals surface area contributed by atoms with Crippen LogP contribution >= 0.6 is 11.8 Å². The summed E-state index contributed by atoms with van der Waals surface area (Å²) in [4.78, 5) is 4.33. The van der Waals surface area contributed by atoms with Gasteiger partial charge in [0.2, 0.25) is 0 Å². The number of hydrogen-bond donors (Lipinski definition) is 1. The molecule has 1 heterocycles. The fourth-order valence-electron chi connectivity index (χ4n) is 1.82. The first kappa shape index (κ1) is 14.1. The second kappa shape index (κ2) is 6.73. The summed E-state index contributed by atoms with van der Waals surface area (Å²) in [5.74, 6) is 0.523. The normalized spacial score (nSPS) is 10.9. The Morgan fingerprint density at radius 3 is 2.68 bits per heavy atom. The van der Waals surface area contributed by atoms with Crippen molar-refractivity contribution in [2.75, 3.05) is 0 Å². The third kappa shape index (κ3) is 3.58. The van der Waals surface area contributed by atoms with E-state index in [2.05, 4.69) is 11.9 Å². The molecule has 0 aliphatic heterocycles. The number of aliphatic hydroxyl groups is 1. The highest BCUT2D eigenvalue weighted by atomic mass is 32.2. The van der Waals surface area contributed by atoms with Gasteiger partial charge in [-0.25, -0.2) is 9.37 Å². The molecule has 0 aliphatic rings. The lowest BCUT2D eigenvalue weighted by Gasteiger charge is -2.09. The van der Waals surface area contributed by atoms with E-state index in [-0.39, 0.29) is 12.4 Å². The minimum absolute atomic E-state index is 0.00408. The van der Waals surface area contributed by atoms with Crippen molar-refractivity contribution >= 4 is 11.8 Å². The van der Waals surface area contributed by atoms with Crippen molar-refractivity contribution in [3.8, 4) is 0 Å². The van der Waals surface area contributed by atoms with Gasteiger partial charge in [0.1, 0.15) is 5.82 Å². The van der Waals surface area contributed by atoms with Gasteiger partial charge in [0, 0.05) is 12.3 Å². The molecule has 0 bridgehead atoms. The Morgan fingerprint density at radius 1 is 1.32 bits per heavy atom. The van der Waals surface area contributed by atoms with Crippen LogP contribution in [0, 0.1) is 5.82 Å². The van der Waals surface area contributed by atoms with Crippen LogP contribution in [-0.2, 0) is 18.9 Å². The molecule has 0 saturated carbocycles. The summed E-state index contributed by atoms with van der Waals surface area (Å²) in [6, 6.07) is 6.49. The highest BCUT2D eigenvalue weighted by Gasteiger charge is 2.09. The molecule has 0 saturated heterocycles. The van der Waals surface area contributed by atoms with Gasteiger partial charge < -0.3 is 9.67 Å². The molecule has 3 nitrogen and oxygen atoms in total. The van der Waals surface area contributed by atoms with Gasteiger partial charge in [-0.1, -0.05) is 30.8 Å². The molecule has 0 fully saturated rings. The molecular formula is C14H17FN2OS. The van der Waals surface area contributed by atoms with Crippen LogP contribution in [0.2, 0.25) is 0 Å². The Morgan fingerprint density at radius 2 is 2.05 bits per heavy atom. The number of nitrogens with zero attached hydrogens (tertiary/aromatic N) is 2. The molecule has 1 N–H and O–H groups in total. The van der Waals surface area contributed by atoms with Crippen LogP contribution in [0.3, 0.4) is 0 Å². The van der Waals surface area contributed by atoms with Crippen LogP contribution < -0.4 is 0 Å². The summed E-state index contributed by atoms with van der Waals surface area (Å²) in [6.45, 7) is 2.95. The zero-order valence-electron chi connectivity index (χ0n) is 10.8. The standard InChI is InChI=1S/C14H17FN2OS/c1-2-7-17-13(9-18)8-16-14(17)19-10-11-3-5-12(15)6-4-11/h3-6,8,18H,2,7,9-10H2,1H3. The molecular weight excluding hydrogens is 263 g/mol. The Kier molecular flexibility index (Phi) is 4.99. The van der Waals surface area contributed by atoms with Crippen LogP contribution in [0.1, 0.15) is 24.6 Å². The van der Waals surface area contributed by atoms with Gasteiger partial charge in [-0.3, -0.25) is 0 Å². The SMILES string of the molecule is CCCn1c(CO)cnc1SCc1ccc(F)cc1. The highest BCUT2D eigenvalue weighted by molar-refractivity contribution is 7.98. The van der Waals surface area contributed by atoms with Crippen LogP contribution in [0.5, 0.6) is 0 Å². The number of benzene rings is 1. The van der Waals surface area contributed by atoms with Gasteiger partial charge in [-0.05, 0) is 24.1 Å². The number of aliphatic hydroxyl groups excluding tert-OH is 1.